The fourth-order valence-electron chi connectivity index (χ4n) is 1.94. The quantitative estimate of drug-likeness (QED) is 0.411. The van der Waals surface area contributed by atoms with Crippen molar-refractivity contribution in [1.82, 2.24) is 15.4 Å². The molecule has 2 aromatic heterocycles. The summed E-state index contributed by atoms with van der Waals surface area (Å²) < 4.78 is 0. The molecule has 0 saturated heterocycles. The molecule has 0 aliphatic rings. The number of carbonyl (C=O) groups excluding carboxylic acids is 2. The summed E-state index contributed by atoms with van der Waals surface area (Å²) >= 11 is 1.32. The van der Waals surface area contributed by atoms with Crippen molar-refractivity contribution in [2.24, 2.45) is 0 Å². The van der Waals surface area contributed by atoms with Crippen LogP contribution in [0.2, 0.25) is 0 Å². The van der Waals surface area contributed by atoms with Gasteiger partial charge in [0.05, 0.1) is 23.1 Å². The van der Waals surface area contributed by atoms with E-state index in [-0.39, 0.29) is 11.8 Å². The number of hydrogen-bond acceptors (Lipinski definition) is 7. The first-order chi connectivity index (χ1) is 12.1. The van der Waals surface area contributed by atoms with E-state index in [1.165, 1.54) is 23.7 Å². The number of pyridine rings is 1. The average molecular weight is 354 g/mol. The number of nitrogens with two attached hydrogens (primary N) is 1. The molecule has 5 N–H and O–H groups in total. The maximum Gasteiger partial charge on any atom is 0.289 e. The lowest BCUT2D eigenvalue weighted by molar-refractivity contribution is 0.0958. The molecule has 0 aliphatic heterocycles. The number of nitrogen functional groups attached to an aromatic ring is 1. The Hall–Kier alpha value is -3.46. The van der Waals surface area contributed by atoms with Gasteiger partial charge in [-0.3, -0.25) is 25.4 Å². The van der Waals surface area contributed by atoms with Crippen molar-refractivity contribution in [1.29, 1.82) is 0 Å². The summed E-state index contributed by atoms with van der Waals surface area (Å²) in [7, 11) is 0. The van der Waals surface area contributed by atoms with Crippen LogP contribution in [0.5, 0.6) is 0 Å². The molecule has 2 heterocycles. The number of anilines is 3. The van der Waals surface area contributed by atoms with Gasteiger partial charge in [-0.2, -0.15) is 0 Å². The molecular weight excluding hydrogens is 340 g/mol. The zero-order valence-corrected chi connectivity index (χ0v) is 13.7. The van der Waals surface area contributed by atoms with Gasteiger partial charge in [0.2, 0.25) is 0 Å². The minimum atomic E-state index is -0.388. The predicted octanol–water partition coefficient (Wildman–Crippen LogP) is 2.13. The molecule has 0 aliphatic carbocycles. The Balaban J connectivity index is 1.69. The summed E-state index contributed by atoms with van der Waals surface area (Å²) in [6.07, 6.45) is 3.02. The summed E-state index contributed by atoms with van der Waals surface area (Å²) in [5, 5.41) is 4.39. The summed E-state index contributed by atoms with van der Waals surface area (Å²) in [5.41, 5.74) is 14.7. The lowest BCUT2D eigenvalue weighted by atomic mass is 10.2. The van der Waals surface area contributed by atoms with Crippen LogP contribution in [0.15, 0.2) is 53.6 Å². The molecule has 0 atom stereocenters. The monoisotopic (exact) mass is 354 g/mol. The van der Waals surface area contributed by atoms with E-state index in [0.717, 1.165) is 0 Å². The second-order valence-corrected chi connectivity index (χ2v) is 5.67. The van der Waals surface area contributed by atoms with E-state index in [2.05, 4.69) is 26.1 Å². The first-order valence-corrected chi connectivity index (χ1v) is 8.13. The molecule has 1 aromatic carbocycles. The second-order valence-electron chi connectivity index (χ2n) is 4.95. The van der Waals surface area contributed by atoms with Gasteiger partial charge in [0.1, 0.15) is 5.69 Å². The highest BCUT2D eigenvalue weighted by molar-refractivity contribution is 7.07. The number of nitrogens with zero attached hydrogens (tertiary/aromatic N) is 2. The lowest BCUT2D eigenvalue weighted by Crippen LogP contribution is -2.30. The summed E-state index contributed by atoms with van der Waals surface area (Å²) in [4.78, 5) is 32.1. The molecule has 2 amide bonds. The van der Waals surface area contributed by atoms with Crippen LogP contribution in [0.3, 0.4) is 0 Å². The van der Waals surface area contributed by atoms with E-state index in [9.17, 15) is 9.59 Å². The van der Waals surface area contributed by atoms with Gasteiger partial charge in [-0.15, -0.1) is 11.3 Å². The van der Waals surface area contributed by atoms with Gasteiger partial charge in [-0.05, 0) is 30.3 Å². The number of carbonyl (C=O) groups is 2. The Morgan fingerprint density at radius 2 is 1.84 bits per heavy atom. The summed E-state index contributed by atoms with van der Waals surface area (Å²) in [6.45, 7) is 0. The number of nitrogens with one attached hydrogen (secondary N) is 3. The molecule has 25 heavy (non-hydrogen) atoms. The average Bonchev–Trinajstić information content (AvgIpc) is 3.16. The van der Waals surface area contributed by atoms with E-state index >= 15 is 0 Å². The van der Waals surface area contributed by atoms with Gasteiger partial charge in [0, 0.05) is 22.8 Å². The van der Waals surface area contributed by atoms with Crippen molar-refractivity contribution in [3.05, 3.63) is 64.9 Å². The van der Waals surface area contributed by atoms with Crippen molar-refractivity contribution in [2.75, 3.05) is 16.5 Å². The Morgan fingerprint density at radius 3 is 2.56 bits per heavy atom. The van der Waals surface area contributed by atoms with Crippen molar-refractivity contribution in [3.63, 3.8) is 0 Å². The first kappa shape index (κ1) is 16.4. The highest BCUT2D eigenvalue weighted by atomic mass is 32.1. The maximum absolute atomic E-state index is 12.3. The van der Waals surface area contributed by atoms with Crippen molar-refractivity contribution in [3.8, 4) is 0 Å². The van der Waals surface area contributed by atoms with Crippen molar-refractivity contribution >= 4 is 40.2 Å². The summed E-state index contributed by atoms with van der Waals surface area (Å²) in [6, 6.07) is 8.17. The van der Waals surface area contributed by atoms with Crippen LogP contribution in [-0.2, 0) is 0 Å². The molecule has 0 saturated carbocycles. The lowest BCUT2D eigenvalue weighted by Gasteiger charge is -2.13. The number of thiazole rings is 1. The smallest absolute Gasteiger partial charge is 0.289 e. The first-order valence-electron chi connectivity index (χ1n) is 7.19. The third kappa shape index (κ3) is 4.09. The highest BCUT2D eigenvalue weighted by Crippen LogP contribution is 2.20. The highest BCUT2D eigenvalue weighted by Gasteiger charge is 2.11. The standard InChI is InChI=1S/C16H14N6O2S/c17-11-3-1-10(2-4-11)15(23)20-12-5-6-18-7-13(12)21-22-16(24)14-8-25-9-19-14/h1-9,21H,17H2,(H,22,24)(H,18,20,23). The fraction of sp³-hybridized carbons (Fsp3) is 0. The maximum atomic E-state index is 12.3. The predicted molar refractivity (Wildman–Crippen MR) is 96.2 cm³/mol. The molecule has 0 fully saturated rings. The van der Waals surface area contributed by atoms with Crippen LogP contribution in [0, 0.1) is 0 Å². The number of hydrogen-bond donors (Lipinski definition) is 4. The number of benzene rings is 1. The summed E-state index contributed by atoms with van der Waals surface area (Å²) in [5.74, 6) is -0.694. The van der Waals surface area contributed by atoms with E-state index in [1.807, 2.05) is 0 Å². The number of hydrazine groups is 1. The fourth-order valence-corrected chi connectivity index (χ4v) is 2.48. The Kier molecular flexibility index (Phi) is 4.86. The van der Waals surface area contributed by atoms with Crippen LogP contribution in [0.4, 0.5) is 17.1 Å². The molecule has 3 rings (SSSR count). The SMILES string of the molecule is Nc1ccc(C(=O)Nc2ccncc2NNC(=O)c2cscn2)cc1. The van der Waals surface area contributed by atoms with Gasteiger partial charge in [-0.25, -0.2) is 4.98 Å². The Morgan fingerprint density at radius 1 is 1.04 bits per heavy atom. The molecule has 8 nitrogen and oxygen atoms in total. The molecule has 3 aromatic rings. The van der Waals surface area contributed by atoms with Gasteiger partial charge in [-0.1, -0.05) is 0 Å². The Labute approximate surface area is 147 Å². The molecule has 9 heteroatoms. The van der Waals surface area contributed by atoms with Crippen LogP contribution in [0.1, 0.15) is 20.8 Å². The van der Waals surface area contributed by atoms with E-state index in [4.69, 9.17) is 5.73 Å². The largest absolute Gasteiger partial charge is 0.399 e. The second kappa shape index (κ2) is 7.41. The number of rotatable bonds is 5. The van der Waals surface area contributed by atoms with Gasteiger partial charge < -0.3 is 11.1 Å². The zero-order chi connectivity index (χ0) is 17.6. The van der Waals surface area contributed by atoms with Gasteiger partial charge in [0.25, 0.3) is 11.8 Å². The molecule has 0 bridgehead atoms. The molecule has 0 spiro atoms. The van der Waals surface area contributed by atoms with Gasteiger partial charge >= 0.3 is 0 Å². The third-order valence-electron chi connectivity index (χ3n) is 3.22. The normalized spacial score (nSPS) is 10.1. The van der Waals surface area contributed by atoms with Crippen LogP contribution >= 0.6 is 11.3 Å². The Bertz CT molecular complexity index is 880. The van der Waals surface area contributed by atoms with Crippen LogP contribution in [0.25, 0.3) is 0 Å². The van der Waals surface area contributed by atoms with Gasteiger partial charge in [0.15, 0.2) is 0 Å². The topological polar surface area (TPSA) is 122 Å². The van der Waals surface area contributed by atoms with Crippen LogP contribution in [-0.4, -0.2) is 21.8 Å². The molecule has 0 radical (unpaired) electrons. The van der Waals surface area contributed by atoms with E-state index in [0.29, 0.717) is 28.3 Å². The minimum absolute atomic E-state index is 0.300. The van der Waals surface area contributed by atoms with Crippen molar-refractivity contribution in [2.45, 2.75) is 0 Å². The minimum Gasteiger partial charge on any atom is -0.399 e. The van der Waals surface area contributed by atoms with Crippen molar-refractivity contribution < 1.29 is 9.59 Å². The molecule has 0 unspecified atom stereocenters. The van der Waals surface area contributed by atoms with E-state index < -0.39 is 0 Å². The third-order valence-corrected chi connectivity index (χ3v) is 3.80. The molecular formula is C16H14N6O2S. The van der Waals surface area contributed by atoms with E-state index in [1.54, 1.807) is 41.2 Å². The number of amides is 2. The zero-order valence-electron chi connectivity index (χ0n) is 12.9. The molecule has 126 valence electrons. The van der Waals surface area contributed by atoms with Crippen LogP contribution < -0.4 is 21.9 Å². The number of aromatic nitrogens is 2.